The predicted octanol–water partition coefficient (Wildman–Crippen LogP) is 2.82. The largest absolute Gasteiger partial charge is 0.383 e. The Hall–Kier alpha value is -1.84. The van der Waals surface area contributed by atoms with Gasteiger partial charge in [-0.3, -0.25) is 0 Å². The molecule has 0 aliphatic heterocycles. The topological polar surface area (TPSA) is 56.7 Å². The molecule has 0 atom stereocenters. The van der Waals surface area contributed by atoms with Crippen LogP contribution in [0.3, 0.4) is 0 Å². The van der Waals surface area contributed by atoms with E-state index in [2.05, 4.69) is 21.5 Å². The van der Waals surface area contributed by atoms with Gasteiger partial charge in [0.1, 0.15) is 5.82 Å². The third-order valence-electron chi connectivity index (χ3n) is 4.21. The summed E-state index contributed by atoms with van der Waals surface area (Å²) >= 11 is 0. The molecule has 2 aromatic heterocycles. The van der Waals surface area contributed by atoms with Gasteiger partial charge in [-0.05, 0) is 37.8 Å². The van der Waals surface area contributed by atoms with E-state index in [0.717, 1.165) is 17.7 Å². The highest BCUT2D eigenvalue weighted by molar-refractivity contribution is 5.70. The van der Waals surface area contributed by atoms with Gasteiger partial charge in [0, 0.05) is 17.3 Å². The van der Waals surface area contributed by atoms with E-state index in [-0.39, 0.29) is 5.54 Å². The summed E-state index contributed by atoms with van der Waals surface area (Å²) in [5.74, 6) is 0.574. The average Bonchev–Trinajstić information content (AvgIpc) is 2.79. The smallest absolute Gasteiger partial charge is 0.132 e. The number of nitrogen functional groups attached to an aromatic ring is 1. The number of rotatable bonds is 3. The second-order valence-corrected chi connectivity index (χ2v) is 5.02. The standard InChI is InChI=1S/C14H18N4/c1-2-14(6-4-7-14)18-10-16-9-12(18)11-5-3-8-17-13(11)15/h3,5,8-10H,2,4,6-7H2,1H3,(H2,15,17). The number of aromatic nitrogens is 3. The lowest BCUT2D eigenvalue weighted by Gasteiger charge is -2.43. The molecule has 0 saturated heterocycles. The molecule has 0 amide bonds. The molecular weight excluding hydrogens is 224 g/mol. The van der Waals surface area contributed by atoms with Gasteiger partial charge in [0.15, 0.2) is 0 Å². The van der Waals surface area contributed by atoms with Crippen LogP contribution in [0.4, 0.5) is 5.82 Å². The maximum Gasteiger partial charge on any atom is 0.132 e. The minimum absolute atomic E-state index is 0.244. The molecule has 2 N–H and O–H groups in total. The van der Waals surface area contributed by atoms with Gasteiger partial charge in [-0.2, -0.15) is 0 Å². The van der Waals surface area contributed by atoms with Gasteiger partial charge in [-0.1, -0.05) is 6.92 Å². The number of hydrogen-bond acceptors (Lipinski definition) is 3. The van der Waals surface area contributed by atoms with Crippen molar-refractivity contribution in [3.05, 3.63) is 30.9 Å². The highest BCUT2D eigenvalue weighted by Gasteiger charge is 2.38. The van der Waals surface area contributed by atoms with Gasteiger partial charge >= 0.3 is 0 Å². The van der Waals surface area contributed by atoms with Crippen LogP contribution in [-0.4, -0.2) is 14.5 Å². The number of nitrogens with zero attached hydrogens (tertiary/aromatic N) is 3. The first kappa shape index (κ1) is 11.3. The molecule has 1 aliphatic rings. The Morgan fingerprint density at radius 1 is 1.44 bits per heavy atom. The SMILES string of the molecule is CCC1(n2cncc2-c2cccnc2N)CCC1. The minimum Gasteiger partial charge on any atom is -0.383 e. The Bertz CT molecular complexity index is 549. The summed E-state index contributed by atoms with van der Waals surface area (Å²) in [6.07, 6.45) is 10.4. The molecule has 94 valence electrons. The summed E-state index contributed by atoms with van der Waals surface area (Å²) in [5.41, 5.74) is 8.28. The van der Waals surface area contributed by atoms with Crippen molar-refractivity contribution >= 4 is 5.82 Å². The molecule has 0 radical (unpaired) electrons. The maximum absolute atomic E-state index is 5.97. The first-order chi connectivity index (χ1) is 8.77. The number of nitrogens with two attached hydrogens (primary N) is 1. The van der Waals surface area contributed by atoms with Crippen molar-refractivity contribution < 1.29 is 0 Å². The van der Waals surface area contributed by atoms with Crippen LogP contribution in [0.25, 0.3) is 11.3 Å². The third-order valence-corrected chi connectivity index (χ3v) is 4.21. The first-order valence-electron chi connectivity index (χ1n) is 6.50. The highest BCUT2D eigenvalue weighted by atomic mass is 15.1. The molecule has 0 unspecified atom stereocenters. The Morgan fingerprint density at radius 2 is 2.28 bits per heavy atom. The Morgan fingerprint density at radius 3 is 2.89 bits per heavy atom. The lowest BCUT2D eigenvalue weighted by Crippen LogP contribution is -2.39. The van der Waals surface area contributed by atoms with Crippen LogP contribution in [0, 0.1) is 0 Å². The van der Waals surface area contributed by atoms with Crippen LogP contribution < -0.4 is 5.73 Å². The molecule has 4 heteroatoms. The lowest BCUT2D eigenvalue weighted by molar-refractivity contribution is 0.138. The molecule has 2 heterocycles. The summed E-state index contributed by atoms with van der Waals surface area (Å²) in [6, 6.07) is 3.93. The van der Waals surface area contributed by atoms with Crippen LogP contribution in [-0.2, 0) is 5.54 Å². The molecular formula is C14H18N4. The zero-order chi connectivity index (χ0) is 12.6. The van der Waals surface area contributed by atoms with Gasteiger partial charge in [-0.15, -0.1) is 0 Å². The van der Waals surface area contributed by atoms with E-state index in [1.807, 2.05) is 24.7 Å². The van der Waals surface area contributed by atoms with E-state index >= 15 is 0 Å². The average molecular weight is 242 g/mol. The number of pyridine rings is 1. The van der Waals surface area contributed by atoms with E-state index in [1.165, 1.54) is 19.3 Å². The summed E-state index contributed by atoms with van der Waals surface area (Å²) in [4.78, 5) is 8.48. The van der Waals surface area contributed by atoms with Crippen molar-refractivity contribution in [3.63, 3.8) is 0 Å². The zero-order valence-corrected chi connectivity index (χ0v) is 10.6. The van der Waals surface area contributed by atoms with Crippen molar-refractivity contribution in [3.8, 4) is 11.3 Å². The van der Waals surface area contributed by atoms with Crippen molar-refractivity contribution in [2.45, 2.75) is 38.1 Å². The Kier molecular flexibility index (Phi) is 2.58. The second-order valence-electron chi connectivity index (χ2n) is 5.02. The first-order valence-corrected chi connectivity index (χ1v) is 6.50. The molecule has 0 aromatic carbocycles. The van der Waals surface area contributed by atoms with Gasteiger partial charge in [0.2, 0.25) is 0 Å². The lowest BCUT2D eigenvalue weighted by atomic mass is 9.74. The molecule has 1 fully saturated rings. The highest BCUT2D eigenvalue weighted by Crippen LogP contribution is 2.44. The molecule has 1 saturated carbocycles. The van der Waals surface area contributed by atoms with Crippen molar-refractivity contribution in [2.75, 3.05) is 5.73 Å². The number of hydrogen-bond donors (Lipinski definition) is 1. The van der Waals surface area contributed by atoms with Crippen molar-refractivity contribution in [1.29, 1.82) is 0 Å². The molecule has 3 rings (SSSR count). The predicted molar refractivity (Wildman–Crippen MR) is 72.0 cm³/mol. The molecule has 18 heavy (non-hydrogen) atoms. The molecule has 0 bridgehead atoms. The third kappa shape index (κ3) is 1.52. The van der Waals surface area contributed by atoms with Crippen molar-refractivity contribution in [2.24, 2.45) is 0 Å². The van der Waals surface area contributed by atoms with E-state index in [0.29, 0.717) is 5.82 Å². The van der Waals surface area contributed by atoms with Crippen LogP contribution in [0.5, 0.6) is 0 Å². The van der Waals surface area contributed by atoms with Gasteiger partial charge in [0.05, 0.1) is 18.2 Å². The fourth-order valence-electron chi connectivity index (χ4n) is 2.86. The van der Waals surface area contributed by atoms with E-state index in [4.69, 9.17) is 5.73 Å². The fourth-order valence-corrected chi connectivity index (χ4v) is 2.86. The Labute approximate surface area is 107 Å². The summed E-state index contributed by atoms with van der Waals surface area (Å²) < 4.78 is 2.30. The van der Waals surface area contributed by atoms with Gasteiger partial charge < -0.3 is 10.3 Å². The van der Waals surface area contributed by atoms with Crippen LogP contribution in [0.15, 0.2) is 30.9 Å². The Balaban J connectivity index is 2.10. The van der Waals surface area contributed by atoms with Crippen LogP contribution in [0.2, 0.25) is 0 Å². The summed E-state index contributed by atoms with van der Waals surface area (Å²) in [6.45, 7) is 2.25. The van der Waals surface area contributed by atoms with Gasteiger partial charge in [0.25, 0.3) is 0 Å². The van der Waals surface area contributed by atoms with Crippen molar-refractivity contribution in [1.82, 2.24) is 14.5 Å². The van der Waals surface area contributed by atoms with Crippen LogP contribution in [0.1, 0.15) is 32.6 Å². The number of anilines is 1. The normalized spacial score (nSPS) is 17.4. The van der Waals surface area contributed by atoms with E-state index in [1.54, 1.807) is 6.20 Å². The molecule has 1 aliphatic carbocycles. The second kappa shape index (κ2) is 4.12. The van der Waals surface area contributed by atoms with Crippen LogP contribution >= 0.6 is 0 Å². The summed E-state index contributed by atoms with van der Waals surface area (Å²) in [7, 11) is 0. The van der Waals surface area contributed by atoms with Gasteiger partial charge in [-0.25, -0.2) is 9.97 Å². The zero-order valence-electron chi connectivity index (χ0n) is 10.6. The number of imidazole rings is 1. The maximum atomic E-state index is 5.97. The van der Waals surface area contributed by atoms with E-state index < -0.39 is 0 Å². The summed E-state index contributed by atoms with van der Waals surface area (Å²) in [5, 5.41) is 0. The van der Waals surface area contributed by atoms with E-state index in [9.17, 15) is 0 Å². The fraction of sp³-hybridized carbons (Fsp3) is 0.429. The quantitative estimate of drug-likeness (QED) is 0.900. The monoisotopic (exact) mass is 242 g/mol. The molecule has 2 aromatic rings. The molecule has 0 spiro atoms. The molecule has 4 nitrogen and oxygen atoms in total. The minimum atomic E-state index is 0.244.